The van der Waals surface area contributed by atoms with E-state index >= 15 is 0 Å². The average molecular weight is 278 g/mol. The molecule has 0 spiro atoms. The maximum Gasteiger partial charge on any atom is 0.419 e. The summed E-state index contributed by atoms with van der Waals surface area (Å²) >= 11 is 7.74. The van der Waals surface area contributed by atoms with E-state index in [4.69, 9.17) is 11.6 Å². The third-order valence-corrected chi connectivity index (χ3v) is 2.62. The zero-order chi connectivity index (χ0) is 10.2. The molecule has 0 atom stereocenters. The third kappa shape index (κ3) is 2.11. The van der Waals surface area contributed by atoms with Gasteiger partial charge in [0.1, 0.15) is 5.02 Å². The van der Waals surface area contributed by atoms with Gasteiger partial charge < -0.3 is 0 Å². The second-order valence-corrected chi connectivity index (χ2v) is 3.26. The quantitative estimate of drug-likeness (QED) is 0.521. The molecule has 7 heteroatoms. The molecule has 0 aliphatic heterocycles. The van der Waals surface area contributed by atoms with Crippen LogP contribution in [0.25, 0.3) is 0 Å². The Bertz CT molecular complexity index is 338. The summed E-state index contributed by atoms with van der Waals surface area (Å²) in [5.74, 6) is -1.14. The normalized spacial score (nSPS) is 11.8. The summed E-state index contributed by atoms with van der Waals surface area (Å²) in [5.41, 5.74) is -1.10. The molecule has 0 aliphatic carbocycles. The van der Waals surface area contributed by atoms with Gasteiger partial charge in [0.2, 0.25) is 5.95 Å². The average Bonchev–Trinajstić information content (AvgIpc) is 1.98. The van der Waals surface area contributed by atoms with Gasteiger partial charge in [-0.15, -0.1) is 0 Å². The zero-order valence-corrected chi connectivity index (χ0v) is 8.13. The van der Waals surface area contributed by atoms with E-state index in [1.54, 1.807) is 0 Å². The Balaban J connectivity index is 3.35. The van der Waals surface area contributed by atoms with Crippen molar-refractivity contribution >= 4 is 27.5 Å². The summed E-state index contributed by atoms with van der Waals surface area (Å²) in [7, 11) is 0. The molecule has 1 nitrogen and oxygen atoms in total. The number of hydrogen-bond donors (Lipinski definition) is 0. The molecule has 13 heavy (non-hydrogen) atoms. The van der Waals surface area contributed by atoms with Crippen LogP contribution in [-0.2, 0) is 6.18 Å². The van der Waals surface area contributed by atoms with Gasteiger partial charge in [0.05, 0.1) is 10.0 Å². The lowest BCUT2D eigenvalue weighted by atomic mass is 10.3. The fraction of sp³-hybridized carbons (Fsp3) is 0.167. The molecule has 1 rings (SSSR count). The van der Waals surface area contributed by atoms with Crippen molar-refractivity contribution < 1.29 is 17.6 Å². The highest BCUT2D eigenvalue weighted by Crippen LogP contribution is 2.38. The first-order chi connectivity index (χ1) is 5.84. The van der Waals surface area contributed by atoms with Crippen molar-refractivity contribution in [2.75, 3.05) is 0 Å². The molecule has 0 unspecified atom stereocenters. The Morgan fingerprint density at radius 2 is 1.92 bits per heavy atom. The largest absolute Gasteiger partial charge is 0.419 e. The van der Waals surface area contributed by atoms with Crippen molar-refractivity contribution in [3.05, 3.63) is 27.2 Å². The van der Waals surface area contributed by atoms with Gasteiger partial charge in [0.25, 0.3) is 0 Å². The first-order valence-corrected chi connectivity index (χ1v) is 4.08. The molecular weight excluding hydrogens is 277 g/mol. The van der Waals surface area contributed by atoms with E-state index in [-0.39, 0.29) is 0 Å². The number of aromatic nitrogens is 1. The van der Waals surface area contributed by atoms with Crippen LogP contribution in [0.2, 0.25) is 5.02 Å². The lowest BCUT2D eigenvalue weighted by Crippen LogP contribution is -2.07. The molecule has 0 fully saturated rings. The molecule has 0 saturated carbocycles. The zero-order valence-electron chi connectivity index (χ0n) is 5.79. The van der Waals surface area contributed by atoms with Crippen LogP contribution >= 0.6 is 27.5 Å². The second kappa shape index (κ2) is 3.42. The number of pyridine rings is 1. The van der Waals surface area contributed by atoms with Crippen LogP contribution in [0.3, 0.4) is 0 Å². The van der Waals surface area contributed by atoms with Crippen molar-refractivity contribution in [3.8, 4) is 0 Å². The van der Waals surface area contributed by atoms with Gasteiger partial charge in [0, 0.05) is 6.20 Å². The molecule has 1 aromatic heterocycles. The molecule has 0 bridgehead atoms. The van der Waals surface area contributed by atoms with Crippen LogP contribution in [0.5, 0.6) is 0 Å². The van der Waals surface area contributed by atoms with Crippen molar-refractivity contribution in [2.45, 2.75) is 6.18 Å². The standard InChI is InChI=1S/C6HBrClF4N/c7-3-2(6(10,11)12)1-13-5(9)4(3)8/h1H. The van der Waals surface area contributed by atoms with E-state index < -0.39 is 27.2 Å². The Kier molecular flexibility index (Phi) is 2.82. The SMILES string of the molecule is Fc1ncc(C(F)(F)F)c(Br)c1Cl. The van der Waals surface area contributed by atoms with Crippen molar-refractivity contribution in [2.24, 2.45) is 0 Å². The minimum absolute atomic E-state index is 0.380. The van der Waals surface area contributed by atoms with E-state index in [0.717, 1.165) is 0 Å². The van der Waals surface area contributed by atoms with Crippen molar-refractivity contribution in [1.82, 2.24) is 4.98 Å². The van der Waals surface area contributed by atoms with Gasteiger partial charge >= 0.3 is 6.18 Å². The van der Waals surface area contributed by atoms with Crippen LogP contribution in [0.1, 0.15) is 5.56 Å². The smallest absolute Gasteiger partial charge is 0.226 e. The first-order valence-electron chi connectivity index (χ1n) is 2.90. The van der Waals surface area contributed by atoms with Gasteiger partial charge in [-0.3, -0.25) is 0 Å². The second-order valence-electron chi connectivity index (χ2n) is 2.09. The van der Waals surface area contributed by atoms with Crippen LogP contribution in [0.15, 0.2) is 10.7 Å². The number of rotatable bonds is 0. The number of alkyl halides is 3. The van der Waals surface area contributed by atoms with Crippen LogP contribution in [0, 0.1) is 5.95 Å². The fourth-order valence-electron chi connectivity index (χ4n) is 0.641. The first kappa shape index (κ1) is 10.7. The van der Waals surface area contributed by atoms with Crippen LogP contribution < -0.4 is 0 Å². The van der Waals surface area contributed by atoms with Crippen molar-refractivity contribution in [1.29, 1.82) is 0 Å². The van der Waals surface area contributed by atoms with E-state index in [2.05, 4.69) is 20.9 Å². The van der Waals surface area contributed by atoms with Gasteiger partial charge in [-0.1, -0.05) is 11.6 Å². The van der Waals surface area contributed by atoms with Gasteiger partial charge in [-0.05, 0) is 15.9 Å². The van der Waals surface area contributed by atoms with E-state index in [1.807, 2.05) is 0 Å². The highest BCUT2D eigenvalue weighted by atomic mass is 79.9. The number of nitrogens with zero attached hydrogens (tertiary/aromatic N) is 1. The molecule has 0 amide bonds. The van der Waals surface area contributed by atoms with E-state index in [9.17, 15) is 17.6 Å². The maximum atomic E-state index is 12.5. The Morgan fingerprint density at radius 3 is 2.38 bits per heavy atom. The molecule has 0 aliphatic rings. The minimum Gasteiger partial charge on any atom is -0.226 e. The summed E-state index contributed by atoms with van der Waals surface area (Å²) in [6.07, 6.45) is -4.21. The molecule has 0 radical (unpaired) electrons. The van der Waals surface area contributed by atoms with Crippen LogP contribution in [-0.4, -0.2) is 4.98 Å². The summed E-state index contributed by atoms with van der Waals surface area (Å²) < 4.78 is 48.3. The summed E-state index contributed by atoms with van der Waals surface area (Å²) in [6, 6.07) is 0. The highest BCUT2D eigenvalue weighted by Gasteiger charge is 2.35. The predicted molar refractivity (Wildman–Crippen MR) is 41.9 cm³/mol. The summed E-state index contributed by atoms with van der Waals surface area (Å²) in [4.78, 5) is 2.86. The summed E-state index contributed by atoms with van der Waals surface area (Å²) in [6.45, 7) is 0. The Morgan fingerprint density at radius 1 is 1.38 bits per heavy atom. The Labute approximate surface area is 83.8 Å². The molecule has 0 saturated heterocycles. The lowest BCUT2D eigenvalue weighted by Gasteiger charge is -2.08. The van der Waals surface area contributed by atoms with Crippen molar-refractivity contribution in [3.63, 3.8) is 0 Å². The minimum atomic E-state index is -4.59. The van der Waals surface area contributed by atoms with E-state index in [0.29, 0.717) is 6.20 Å². The van der Waals surface area contributed by atoms with Gasteiger partial charge in [-0.25, -0.2) is 4.98 Å². The molecular formula is C6HBrClF4N. The molecule has 1 aromatic rings. The topological polar surface area (TPSA) is 12.9 Å². The molecule has 1 heterocycles. The maximum absolute atomic E-state index is 12.5. The molecule has 0 N–H and O–H groups in total. The van der Waals surface area contributed by atoms with Gasteiger partial charge in [-0.2, -0.15) is 17.6 Å². The predicted octanol–water partition coefficient (Wildman–Crippen LogP) is 3.66. The fourth-order valence-corrected chi connectivity index (χ4v) is 1.28. The van der Waals surface area contributed by atoms with Gasteiger partial charge in [0.15, 0.2) is 0 Å². The summed E-state index contributed by atoms with van der Waals surface area (Å²) in [5, 5.41) is -0.671. The van der Waals surface area contributed by atoms with E-state index in [1.165, 1.54) is 0 Å². The lowest BCUT2D eigenvalue weighted by molar-refractivity contribution is -0.138. The monoisotopic (exact) mass is 277 g/mol. The number of halogens is 6. The number of hydrogen-bond acceptors (Lipinski definition) is 1. The Hall–Kier alpha value is -0.360. The highest BCUT2D eigenvalue weighted by molar-refractivity contribution is 9.10. The molecule has 72 valence electrons. The molecule has 0 aromatic carbocycles. The van der Waals surface area contributed by atoms with Crippen LogP contribution in [0.4, 0.5) is 17.6 Å². The third-order valence-electron chi connectivity index (χ3n) is 1.22.